The molecule has 7 nitrogen and oxygen atoms in total. The summed E-state index contributed by atoms with van der Waals surface area (Å²) in [7, 11) is 3.16. The van der Waals surface area contributed by atoms with Crippen molar-refractivity contribution in [3.05, 3.63) is 48.0 Å². The van der Waals surface area contributed by atoms with Gasteiger partial charge in [0.1, 0.15) is 0 Å². The van der Waals surface area contributed by atoms with Crippen LogP contribution in [-0.2, 0) is 11.2 Å². The molecule has 0 radical (unpaired) electrons. The third kappa shape index (κ3) is 5.75. The predicted octanol–water partition coefficient (Wildman–Crippen LogP) is 3.42. The molecule has 0 fully saturated rings. The number of hydrogen-bond acceptors (Lipinski definition) is 4. The fourth-order valence-electron chi connectivity index (χ4n) is 3.26. The molecule has 0 aliphatic carbocycles. The van der Waals surface area contributed by atoms with Gasteiger partial charge in [0.25, 0.3) is 0 Å². The fraction of sp³-hybridized carbons (Fsp3) is 0.333. The van der Waals surface area contributed by atoms with Crippen molar-refractivity contribution in [2.24, 2.45) is 10.7 Å². The molecule has 2 aromatic rings. The lowest BCUT2D eigenvalue weighted by molar-refractivity contribution is -0.118. The number of aliphatic imine (C=N–C) groups is 1. The van der Waals surface area contributed by atoms with Crippen LogP contribution in [0, 0.1) is 0 Å². The Kier molecular flexibility index (Phi) is 8.56. The average Bonchev–Trinajstić information content (AvgIpc) is 3.15. The number of rotatable bonds is 7. The van der Waals surface area contributed by atoms with Crippen LogP contribution in [0.5, 0.6) is 11.5 Å². The lowest BCUT2D eigenvalue weighted by Gasteiger charge is -2.17. The van der Waals surface area contributed by atoms with Gasteiger partial charge in [-0.3, -0.25) is 9.79 Å². The molecule has 3 rings (SSSR count). The summed E-state index contributed by atoms with van der Waals surface area (Å²) in [5.41, 5.74) is 8.96. The first-order valence-corrected chi connectivity index (χ1v) is 9.29. The third-order valence-electron chi connectivity index (χ3n) is 4.68. The van der Waals surface area contributed by atoms with Gasteiger partial charge in [0, 0.05) is 37.0 Å². The van der Waals surface area contributed by atoms with E-state index in [0.717, 1.165) is 24.3 Å². The topological polar surface area (TPSA) is 89.2 Å². The van der Waals surface area contributed by atoms with E-state index in [9.17, 15) is 4.79 Å². The average molecular weight is 510 g/mol. The third-order valence-corrected chi connectivity index (χ3v) is 4.68. The second-order valence-electron chi connectivity index (χ2n) is 6.49. The Morgan fingerprint density at radius 1 is 1.17 bits per heavy atom. The zero-order valence-electron chi connectivity index (χ0n) is 16.7. The number of hydrogen-bond donors (Lipinski definition) is 2. The summed E-state index contributed by atoms with van der Waals surface area (Å²) in [6.07, 6.45) is 2.01. The summed E-state index contributed by atoms with van der Waals surface area (Å²) in [5.74, 6) is 1.68. The molecule has 8 heteroatoms. The molecule has 156 valence electrons. The summed E-state index contributed by atoms with van der Waals surface area (Å²) in [4.78, 5) is 18.6. The van der Waals surface area contributed by atoms with Crippen LogP contribution < -0.4 is 25.4 Å². The first kappa shape index (κ1) is 22.8. The van der Waals surface area contributed by atoms with Gasteiger partial charge in [0.15, 0.2) is 17.5 Å². The smallest absolute Gasteiger partial charge is 0.227 e. The van der Waals surface area contributed by atoms with E-state index in [2.05, 4.69) is 16.4 Å². The number of nitrogens with two attached hydrogens (primary N) is 1. The number of carbonyl (C=O) groups is 1. The number of nitrogens with one attached hydrogen (secondary N) is 1. The lowest BCUT2D eigenvalue weighted by Crippen LogP contribution is -2.28. The number of carbonyl (C=O) groups excluding carboxylic acids is 1. The Balaban J connectivity index is 0.00000300. The van der Waals surface area contributed by atoms with Crippen LogP contribution in [0.15, 0.2) is 47.5 Å². The number of benzene rings is 2. The van der Waals surface area contributed by atoms with Crippen molar-refractivity contribution in [2.45, 2.75) is 19.3 Å². The predicted molar refractivity (Wildman–Crippen MR) is 127 cm³/mol. The van der Waals surface area contributed by atoms with Crippen LogP contribution in [0.25, 0.3) is 0 Å². The highest BCUT2D eigenvalue weighted by atomic mass is 127. The molecule has 29 heavy (non-hydrogen) atoms. The number of guanidine groups is 1. The van der Waals surface area contributed by atoms with Crippen molar-refractivity contribution in [3.63, 3.8) is 0 Å². The molecule has 1 aliphatic rings. The first-order valence-electron chi connectivity index (χ1n) is 9.29. The molecule has 0 aromatic heterocycles. The van der Waals surface area contributed by atoms with E-state index in [1.807, 2.05) is 29.2 Å². The van der Waals surface area contributed by atoms with Gasteiger partial charge in [0.05, 0.1) is 14.2 Å². The van der Waals surface area contributed by atoms with Crippen LogP contribution >= 0.6 is 24.0 Å². The highest BCUT2D eigenvalue weighted by Gasteiger charge is 2.23. The molecule has 2 aromatic carbocycles. The summed E-state index contributed by atoms with van der Waals surface area (Å²) in [6.45, 7) is 1.23. The van der Waals surface area contributed by atoms with Gasteiger partial charge >= 0.3 is 0 Å². The Morgan fingerprint density at radius 3 is 2.69 bits per heavy atom. The first-order chi connectivity index (χ1) is 13.6. The lowest BCUT2D eigenvalue weighted by atomic mass is 10.2. The number of anilines is 2. The van der Waals surface area contributed by atoms with Gasteiger partial charge in [-0.05, 0) is 36.6 Å². The van der Waals surface area contributed by atoms with Gasteiger partial charge < -0.3 is 25.4 Å². The van der Waals surface area contributed by atoms with Crippen molar-refractivity contribution in [3.8, 4) is 11.5 Å². The maximum atomic E-state index is 12.5. The Labute approximate surface area is 188 Å². The number of nitrogens with zero attached hydrogens (tertiary/aromatic N) is 2. The van der Waals surface area contributed by atoms with Crippen molar-refractivity contribution in [1.82, 2.24) is 0 Å². The van der Waals surface area contributed by atoms with Crippen LogP contribution in [0.4, 0.5) is 11.4 Å². The van der Waals surface area contributed by atoms with Crippen LogP contribution in [0.1, 0.15) is 18.4 Å². The normalized spacial score (nSPS) is 12.8. The van der Waals surface area contributed by atoms with Crippen molar-refractivity contribution in [1.29, 1.82) is 0 Å². The molecule has 0 unspecified atom stereocenters. The van der Waals surface area contributed by atoms with E-state index in [1.165, 1.54) is 5.56 Å². The molecule has 0 spiro atoms. The number of ether oxygens (including phenoxy) is 2. The molecular formula is C21H27IN4O3. The number of amides is 1. The summed E-state index contributed by atoms with van der Waals surface area (Å²) < 4.78 is 10.5. The van der Waals surface area contributed by atoms with Crippen molar-refractivity contribution in [2.75, 3.05) is 37.5 Å². The maximum Gasteiger partial charge on any atom is 0.227 e. The molecule has 1 heterocycles. The molecule has 1 aliphatic heterocycles. The highest BCUT2D eigenvalue weighted by Crippen LogP contribution is 2.30. The number of methoxy groups -OCH3 is 2. The Hall–Kier alpha value is -2.49. The van der Waals surface area contributed by atoms with Crippen LogP contribution in [0.3, 0.4) is 0 Å². The summed E-state index contributed by atoms with van der Waals surface area (Å²) in [6, 6.07) is 13.5. The molecule has 0 atom stereocenters. The maximum absolute atomic E-state index is 12.5. The minimum Gasteiger partial charge on any atom is -0.493 e. The summed E-state index contributed by atoms with van der Waals surface area (Å²) in [5, 5.41) is 3.02. The fourth-order valence-corrected chi connectivity index (χ4v) is 3.26. The van der Waals surface area contributed by atoms with Gasteiger partial charge in [-0.1, -0.05) is 18.2 Å². The molecule has 1 amide bonds. The van der Waals surface area contributed by atoms with Crippen LogP contribution in [0.2, 0.25) is 0 Å². The van der Waals surface area contributed by atoms with E-state index in [0.29, 0.717) is 36.8 Å². The molecular weight excluding hydrogens is 483 g/mol. The van der Waals surface area contributed by atoms with Gasteiger partial charge in [-0.2, -0.15) is 0 Å². The number of para-hydroxylation sites is 1. The van der Waals surface area contributed by atoms with Crippen molar-refractivity contribution < 1.29 is 14.3 Å². The largest absolute Gasteiger partial charge is 0.493 e. The quantitative estimate of drug-likeness (QED) is 0.258. The monoisotopic (exact) mass is 510 g/mol. The SMILES string of the molecule is COc1ccc(NC(N)=NCCCC(=O)N2CCc3ccccc32)cc1OC.I. The van der Waals surface area contributed by atoms with Crippen LogP contribution in [-0.4, -0.2) is 39.2 Å². The van der Waals surface area contributed by atoms with E-state index in [4.69, 9.17) is 15.2 Å². The minimum absolute atomic E-state index is 0. The van der Waals surface area contributed by atoms with E-state index in [1.54, 1.807) is 26.4 Å². The van der Waals surface area contributed by atoms with E-state index < -0.39 is 0 Å². The zero-order chi connectivity index (χ0) is 19.9. The second kappa shape index (κ2) is 10.9. The number of fused-ring (bicyclic) bond motifs is 1. The standard InChI is InChI=1S/C21H26N4O3.HI/c1-27-18-10-9-16(14-19(18)28-2)24-21(22)23-12-5-8-20(26)25-13-11-15-6-3-4-7-17(15)25;/h3-4,6-7,9-10,14H,5,8,11-13H2,1-2H3,(H3,22,23,24);1H. The Bertz CT molecular complexity index is 873. The molecule has 0 bridgehead atoms. The van der Waals surface area contributed by atoms with Gasteiger partial charge in [-0.15, -0.1) is 24.0 Å². The molecule has 0 saturated carbocycles. The Morgan fingerprint density at radius 2 is 1.93 bits per heavy atom. The zero-order valence-corrected chi connectivity index (χ0v) is 19.0. The highest BCUT2D eigenvalue weighted by molar-refractivity contribution is 14.0. The molecule has 3 N–H and O–H groups in total. The van der Waals surface area contributed by atoms with Gasteiger partial charge in [0.2, 0.25) is 5.91 Å². The number of halogens is 1. The minimum atomic E-state index is 0. The molecule has 0 saturated heterocycles. The van der Waals surface area contributed by atoms with Gasteiger partial charge in [-0.25, -0.2) is 0 Å². The second-order valence-corrected chi connectivity index (χ2v) is 6.49. The van der Waals surface area contributed by atoms with Crippen molar-refractivity contribution >= 4 is 47.2 Å². The van der Waals surface area contributed by atoms with E-state index >= 15 is 0 Å². The van der Waals surface area contributed by atoms with E-state index in [-0.39, 0.29) is 29.9 Å². The summed E-state index contributed by atoms with van der Waals surface area (Å²) >= 11 is 0.